The number of carbonyl (C=O) groups is 1. The number of rotatable bonds is 3. The average Bonchev–Trinajstić information content (AvgIpc) is 2.36. The van der Waals surface area contributed by atoms with Crippen molar-refractivity contribution in [3.63, 3.8) is 0 Å². The fourth-order valence-corrected chi connectivity index (χ4v) is 1.60. The third-order valence-electron chi connectivity index (χ3n) is 2.41. The first-order valence-corrected chi connectivity index (χ1v) is 5.60. The normalized spacial score (nSPS) is 10.9. The fraction of sp³-hybridized carbons (Fsp3) is 0.143. The maximum atomic E-state index is 11.3. The van der Waals surface area contributed by atoms with Crippen LogP contribution in [0.3, 0.4) is 0 Å². The van der Waals surface area contributed by atoms with Gasteiger partial charge in [-0.1, -0.05) is 12.1 Å². The Morgan fingerprint density at radius 1 is 1.41 bits per heavy atom. The zero-order valence-electron chi connectivity index (χ0n) is 9.68. The summed E-state index contributed by atoms with van der Waals surface area (Å²) in [6.07, 6.45) is 5.12. The lowest BCUT2D eigenvalue weighted by molar-refractivity contribution is -0.116. The van der Waals surface area contributed by atoms with E-state index in [1.54, 1.807) is 18.3 Å². The summed E-state index contributed by atoms with van der Waals surface area (Å²) in [6, 6.07) is 9.82. The summed E-state index contributed by atoms with van der Waals surface area (Å²) in [5.41, 5.74) is 1.96. The van der Waals surface area contributed by atoms with Crippen LogP contribution < -0.4 is 5.32 Å². The molecule has 2 aromatic rings. The average molecular weight is 226 g/mol. The van der Waals surface area contributed by atoms with Crippen molar-refractivity contribution in [2.24, 2.45) is 0 Å². The van der Waals surface area contributed by atoms with Gasteiger partial charge in [0.1, 0.15) is 0 Å². The zero-order chi connectivity index (χ0) is 12.1. The van der Waals surface area contributed by atoms with E-state index in [-0.39, 0.29) is 5.91 Å². The predicted octanol–water partition coefficient (Wildman–Crippen LogP) is 2.38. The molecule has 0 fully saturated rings. The number of benzene rings is 1. The van der Waals surface area contributed by atoms with Crippen LogP contribution in [-0.2, 0) is 4.79 Å². The number of nitrogens with one attached hydrogen (secondary N) is 1. The van der Waals surface area contributed by atoms with Crippen molar-refractivity contribution in [3.05, 3.63) is 48.2 Å². The maximum Gasteiger partial charge on any atom is 0.243 e. The number of aromatic nitrogens is 1. The van der Waals surface area contributed by atoms with Crippen LogP contribution in [0.15, 0.2) is 42.6 Å². The van der Waals surface area contributed by atoms with Crippen molar-refractivity contribution in [2.75, 3.05) is 6.54 Å². The molecule has 0 aliphatic rings. The van der Waals surface area contributed by atoms with E-state index in [0.29, 0.717) is 6.54 Å². The number of likely N-dealkylation sites (N-methyl/N-ethyl adjacent to an activating group) is 1. The summed E-state index contributed by atoms with van der Waals surface area (Å²) in [7, 11) is 0. The van der Waals surface area contributed by atoms with E-state index in [1.165, 1.54) is 0 Å². The SMILES string of the molecule is CCNC(=O)/C=C/c1ccc2ncccc2c1. The summed E-state index contributed by atoms with van der Waals surface area (Å²) < 4.78 is 0. The van der Waals surface area contributed by atoms with Crippen molar-refractivity contribution in [2.45, 2.75) is 6.92 Å². The highest BCUT2D eigenvalue weighted by Gasteiger charge is 1.95. The molecule has 1 aromatic heterocycles. The highest BCUT2D eigenvalue weighted by Crippen LogP contribution is 2.14. The smallest absolute Gasteiger partial charge is 0.243 e. The second-order valence-corrected chi connectivity index (χ2v) is 3.68. The van der Waals surface area contributed by atoms with Crippen molar-refractivity contribution in [1.29, 1.82) is 0 Å². The van der Waals surface area contributed by atoms with Gasteiger partial charge in [-0.2, -0.15) is 0 Å². The molecule has 3 heteroatoms. The molecular weight excluding hydrogens is 212 g/mol. The molecule has 86 valence electrons. The lowest BCUT2D eigenvalue weighted by Crippen LogP contribution is -2.19. The Bertz CT molecular complexity index is 561. The topological polar surface area (TPSA) is 42.0 Å². The first-order chi connectivity index (χ1) is 8.29. The van der Waals surface area contributed by atoms with E-state index in [1.807, 2.05) is 37.3 Å². The van der Waals surface area contributed by atoms with Crippen LogP contribution >= 0.6 is 0 Å². The van der Waals surface area contributed by atoms with Crippen LogP contribution in [0.4, 0.5) is 0 Å². The summed E-state index contributed by atoms with van der Waals surface area (Å²) in [4.78, 5) is 15.5. The van der Waals surface area contributed by atoms with E-state index in [4.69, 9.17) is 0 Å². The lowest BCUT2D eigenvalue weighted by atomic mass is 10.1. The monoisotopic (exact) mass is 226 g/mol. The molecule has 0 atom stereocenters. The highest BCUT2D eigenvalue weighted by molar-refractivity contribution is 5.92. The van der Waals surface area contributed by atoms with Crippen molar-refractivity contribution >= 4 is 22.9 Å². The Hall–Kier alpha value is -2.16. The van der Waals surface area contributed by atoms with Crippen LogP contribution in [0.25, 0.3) is 17.0 Å². The number of amides is 1. The molecule has 1 amide bonds. The van der Waals surface area contributed by atoms with E-state index in [2.05, 4.69) is 10.3 Å². The summed E-state index contributed by atoms with van der Waals surface area (Å²) in [6.45, 7) is 2.54. The molecular formula is C14H14N2O. The molecule has 0 aliphatic carbocycles. The van der Waals surface area contributed by atoms with E-state index in [0.717, 1.165) is 16.5 Å². The minimum atomic E-state index is -0.0706. The van der Waals surface area contributed by atoms with Gasteiger partial charge in [-0.3, -0.25) is 9.78 Å². The van der Waals surface area contributed by atoms with E-state index >= 15 is 0 Å². The largest absolute Gasteiger partial charge is 0.353 e. The van der Waals surface area contributed by atoms with E-state index < -0.39 is 0 Å². The third kappa shape index (κ3) is 2.91. The standard InChI is InChI=1S/C14H14N2O/c1-2-15-14(17)8-6-11-5-7-13-12(10-11)4-3-9-16-13/h3-10H,2H2,1H3,(H,15,17)/b8-6+. The van der Waals surface area contributed by atoms with Gasteiger partial charge < -0.3 is 5.32 Å². The second-order valence-electron chi connectivity index (χ2n) is 3.68. The first-order valence-electron chi connectivity index (χ1n) is 5.60. The molecule has 3 nitrogen and oxygen atoms in total. The number of carbonyl (C=O) groups excluding carboxylic acids is 1. The van der Waals surface area contributed by atoms with Crippen LogP contribution in [0.1, 0.15) is 12.5 Å². The van der Waals surface area contributed by atoms with Gasteiger partial charge in [0.2, 0.25) is 5.91 Å². The number of nitrogens with zero attached hydrogens (tertiary/aromatic N) is 1. The number of fused-ring (bicyclic) bond motifs is 1. The maximum absolute atomic E-state index is 11.3. The van der Waals surface area contributed by atoms with Gasteiger partial charge in [0, 0.05) is 24.2 Å². The molecule has 0 saturated carbocycles. The Kier molecular flexibility index (Phi) is 3.50. The quantitative estimate of drug-likeness (QED) is 0.816. The Morgan fingerprint density at radius 3 is 3.12 bits per heavy atom. The molecule has 0 unspecified atom stereocenters. The number of hydrogen-bond donors (Lipinski definition) is 1. The molecule has 1 N–H and O–H groups in total. The molecule has 0 saturated heterocycles. The molecule has 0 spiro atoms. The molecule has 1 aromatic carbocycles. The molecule has 1 heterocycles. The Morgan fingerprint density at radius 2 is 2.29 bits per heavy atom. The molecule has 0 bridgehead atoms. The minimum absolute atomic E-state index is 0.0706. The van der Waals surface area contributed by atoms with Gasteiger partial charge in [0.05, 0.1) is 5.52 Å². The van der Waals surface area contributed by atoms with Gasteiger partial charge in [-0.25, -0.2) is 0 Å². The van der Waals surface area contributed by atoms with Crippen LogP contribution in [0.5, 0.6) is 0 Å². The van der Waals surface area contributed by atoms with Gasteiger partial charge >= 0.3 is 0 Å². The van der Waals surface area contributed by atoms with Gasteiger partial charge in [-0.05, 0) is 36.8 Å². The zero-order valence-corrected chi connectivity index (χ0v) is 9.68. The van der Waals surface area contributed by atoms with Crippen molar-refractivity contribution in [3.8, 4) is 0 Å². The van der Waals surface area contributed by atoms with Crippen LogP contribution in [0.2, 0.25) is 0 Å². The van der Waals surface area contributed by atoms with Crippen LogP contribution in [0, 0.1) is 0 Å². The molecule has 0 radical (unpaired) electrons. The van der Waals surface area contributed by atoms with Crippen LogP contribution in [-0.4, -0.2) is 17.4 Å². The van der Waals surface area contributed by atoms with Crippen molar-refractivity contribution in [1.82, 2.24) is 10.3 Å². The number of pyridine rings is 1. The van der Waals surface area contributed by atoms with Gasteiger partial charge in [0.15, 0.2) is 0 Å². The minimum Gasteiger partial charge on any atom is -0.353 e. The molecule has 17 heavy (non-hydrogen) atoms. The molecule has 0 aliphatic heterocycles. The highest BCUT2D eigenvalue weighted by atomic mass is 16.1. The summed E-state index contributed by atoms with van der Waals surface area (Å²) in [5, 5.41) is 3.79. The predicted molar refractivity (Wildman–Crippen MR) is 69.5 cm³/mol. The number of hydrogen-bond acceptors (Lipinski definition) is 2. The molecule has 2 rings (SSSR count). The van der Waals surface area contributed by atoms with Gasteiger partial charge in [0.25, 0.3) is 0 Å². The second kappa shape index (κ2) is 5.25. The van der Waals surface area contributed by atoms with Gasteiger partial charge in [-0.15, -0.1) is 0 Å². The Labute approximate surface area is 100 Å². The lowest BCUT2D eigenvalue weighted by Gasteiger charge is -1.98. The third-order valence-corrected chi connectivity index (χ3v) is 2.41. The Balaban J connectivity index is 2.22. The first kappa shape index (κ1) is 11.3. The fourth-order valence-electron chi connectivity index (χ4n) is 1.60. The van der Waals surface area contributed by atoms with E-state index in [9.17, 15) is 4.79 Å². The van der Waals surface area contributed by atoms with Crippen molar-refractivity contribution < 1.29 is 4.79 Å². The summed E-state index contributed by atoms with van der Waals surface area (Å²) >= 11 is 0. The summed E-state index contributed by atoms with van der Waals surface area (Å²) in [5.74, 6) is -0.0706.